The number of nitrogens with zero attached hydrogens (tertiary/aromatic N) is 5. The average molecular weight is 434 g/mol. The van der Waals surface area contributed by atoms with Crippen LogP contribution in [-0.4, -0.2) is 30.1 Å². The Kier molecular flexibility index (Phi) is 4.75. The van der Waals surface area contributed by atoms with Crippen LogP contribution in [-0.2, 0) is 0 Å². The molecule has 0 bridgehead atoms. The predicted octanol–water partition coefficient (Wildman–Crippen LogP) is 5.53. The second-order valence-corrected chi connectivity index (χ2v) is 8.82. The van der Waals surface area contributed by atoms with Crippen molar-refractivity contribution in [3.05, 3.63) is 34.6 Å². The summed E-state index contributed by atoms with van der Waals surface area (Å²) in [5.41, 5.74) is 4.61. The predicted molar refractivity (Wildman–Crippen MR) is 109 cm³/mol. The first kappa shape index (κ1) is 16.9. The zero-order valence-electron chi connectivity index (χ0n) is 13.8. The molecule has 3 heterocycles. The molecule has 0 N–H and O–H groups in total. The molecule has 128 valence electrons. The summed E-state index contributed by atoms with van der Waals surface area (Å²) in [7, 11) is 0. The quantitative estimate of drug-likeness (QED) is 0.414. The Balaban J connectivity index is 1.87. The lowest BCUT2D eigenvalue weighted by Crippen LogP contribution is -2.04. The minimum absolute atomic E-state index is 0.343. The summed E-state index contributed by atoms with van der Waals surface area (Å²) in [5, 5.41) is 1.44. The number of hydrogen-bond acceptors (Lipinski definition) is 6. The van der Waals surface area contributed by atoms with Crippen molar-refractivity contribution >= 4 is 61.3 Å². The Bertz CT molecular complexity index is 1040. The van der Waals surface area contributed by atoms with E-state index in [1.54, 1.807) is 6.33 Å². The minimum atomic E-state index is 0.343. The van der Waals surface area contributed by atoms with E-state index in [4.69, 9.17) is 0 Å². The first-order valence-corrected chi connectivity index (χ1v) is 10.8. The van der Waals surface area contributed by atoms with Gasteiger partial charge in [0.25, 0.3) is 0 Å². The highest BCUT2D eigenvalue weighted by molar-refractivity contribution is 9.11. The van der Waals surface area contributed by atoms with Gasteiger partial charge in [-0.25, -0.2) is 15.0 Å². The van der Waals surface area contributed by atoms with Crippen LogP contribution in [0, 0.1) is 0 Å². The second-order valence-electron chi connectivity index (χ2n) is 5.71. The van der Waals surface area contributed by atoms with Crippen molar-refractivity contribution in [2.45, 2.75) is 25.1 Å². The Morgan fingerprint density at radius 3 is 2.96 bits per heavy atom. The van der Waals surface area contributed by atoms with Crippen molar-refractivity contribution in [3.8, 4) is 11.3 Å². The number of fused-ring (bicyclic) bond motifs is 2. The van der Waals surface area contributed by atoms with Gasteiger partial charge in [0, 0.05) is 10.9 Å². The number of aromatic nitrogens is 5. The molecular weight excluding hydrogens is 418 g/mol. The van der Waals surface area contributed by atoms with Crippen LogP contribution in [0.4, 0.5) is 0 Å². The Morgan fingerprint density at radius 2 is 2.16 bits per heavy atom. The number of hydrogen-bond donors (Lipinski definition) is 0. The van der Waals surface area contributed by atoms with Crippen LogP contribution < -0.4 is 0 Å². The van der Waals surface area contributed by atoms with Crippen molar-refractivity contribution in [1.29, 1.82) is 0 Å². The molecule has 0 radical (unpaired) electrons. The lowest BCUT2D eigenvalue weighted by atomic mass is 10.1. The van der Waals surface area contributed by atoms with Gasteiger partial charge < -0.3 is 4.57 Å². The molecular formula is C17H16BrN5S2. The van der Waals surface area contributed by atoms with Crippen LogP contribution in [0.3, 0.4) is 0 Å². The molecule has 25 heavy (non-hydrogen) atoms. The number of thioether (sulfide) groups is 1. The third-order valence-electron chi connectivity index (χ3n) is 4.18. The zero-order chi connectivity index (χ0) is 17.4. The van der Waals surface area contributed by atoms with Gasteiger partial charge in [-0.3, -0.25) is 0 Å². The van der Waals surface area contributed by atoms with E-state index in [1.807, 2.05) is 30.2 Å². The molecule has 0 spiro atoms. The Labute approximate surface area is 162 Å². The van der Waals surface area contributed by atoms with Gasteiger partial charge in [0.15, 0.2) is 5.65 Å². The molecule has 1 aromatic carbocycles. The number of halogens is 1. The molecule has 0 aliphatic rings. The molecule has 8 heteroatoms. The average Bonchev–Trinajstić information content (AvgIpc) is 3.23. The molecule has 1 unspecified atom stereocenters. The smallest absolute Gasteiger partial charge is 0.164 e. The fraction of sp³-hybridized carbons (Fsp3) is 0.294. The summed E-state index contributed by atoms with van der Waals surface area (Å²) < 4.78 is 7.61. The number of rotatable bonds is 5. The van der Waals surface area contributed by atoms with Crippen LogP contribution in [0.15, 0.2) is 34.6 Å². The molecule has 0 aliphatic heterocycles. The molecule has 4 aromatic rings. The maximum atomic E-state index is 4.64. The Morgan fingerprint density at radius 1 is 1.28 bits per heavy atom. The summed E-state index contributed by atoms with van der Waals surface area (Å²) >= 11 is 6.85. The largest absolute Gasteiger partial charge is 0.302 e. The number of benzene rings is 1. The first-order chi connectivity index (χ1) is 12.2. The van der Waals surface area contributed by atoms with Crippen LogP contribution in [0.25, 0.3) is 33.3 Å². The molecule has 0 saturated carbocycles. The van der Waals surface area contributed by atoms with Crippen LogP contribution in [0.5, 0.6) is 0 Å². The van der Waals surface area contributed by atoms with Gasteiger partial charge in [0.2, 0.25) is 0 Å². The van der Waals surface area contributed by atoms with Crippen molar-refractivity contribution in [3.63, 3.8) is 0 Å². The van der Waals surface area contributed by atoms with E-state index in [2.05, 4.69) is 59.1 Å². The lowest BCUT2D eigenvalue weighted by Gasteiger charge is -2.15. The van der Waals surface area contributed by atoms with Crippen molar-refractivity contribution in [2.75, 3.05) is 6.26 Å². The van der Waals surface area contributed by atoms with Gasteiger partial charge >= 0.3 is 0 Å². The zero-order valence-corrected chi connectivity index (χ0v) is 17.0. The van der Waals surface area contributed by atoms with Crippen LogP contribution in [0.1, 0.15) is 25.1 Å². The van der Waals surface area contributed by atoms with Crippen molar-refractivity contribution < 1.29 is 0 Å². The van der Waals surface area contributed by atoms with Gasteiger partial charge in [0.05, 0.1) is 21.0 Å². The minimum Gasteiger partial charge on any atom is -0.302 e. The summed E-state index contributed by atoms with van der Waals surface area (Å²) in [6.45, 7) is 2.20. The topological polar surface area (TPSA) is 56.5 Å². The van der Waals surface area contributed by atoms with Gasteiger partial charge in [-0.15, -0.1) is 11.8 Å². The first-order valence-electron chi connectivity index (χ1n) is 7.98. The molecule has 0 fully saturated rings. The standard InChI is InChI=1S/C17H16BrN5S2/c1-3-4-13(24-2)23-9-21-15-14(19-8-20-17(15)23)10-5-6-12-11(7-10)16(18)25-22-12/h5-9,13H,3-4H2,1-2H3. The van der Waals surface area contributed by atoms with E-state index in [0.29, 0.717) is 5.37 Å². The van der Waals surface area contributed by atoms with E-state index in [9.17, 15) is 0 Å². The molecule has 3 aromatic heterocycles. The third-order valence-corrected chi connectivity index (χ3v) is 6.72. The maximum absolute atomic E-state index is 4.64. The molecule has 4 rings (SSSR count). The molecule has 0 amide bonds. The van der Waals surface area contributed by atoms with Gasteiger partial charge in [0.1, 0.15) is 17.5 Å². The highest BCUT2D eigenvalue weighted by Gasteiger charge is 2.17. The summed E-state index contributed by atoms with van der Waals surface area (Å²) in [6.07, 6.45) is 7.86. The number of imidazole rings is 1. The fourth-order valence-electron chi connectivity index (χ4n) is 2.95. The summed E-state index contributed by atoms with van der Waals surface area (Å²) in [4.78, 5) is 13.7. The highest BCUT2D eigenvalue weighted by atomic mass is 79.9. The van der Waals surface area contributed by atoms with Crippen molar-refractivity contribution in [2.24, 2.45) is 0 Å². The molecule has 0 saturated heterocycles. The monoisotopic (exact) mass is 433 g/mol. The van der Waals surface area contributed by atoms with E-state index >= 15 is 0 Å². The van der Waals surface area contributed by atoms with E-state index < -0.39 is 0 Å². The highest BCUT2D eigenvalue weighted by Crippen LogP contribution is 2.34. The maximum Gasteiger partial charge on any atom is 0.164 e. The van der Waals surface area contributed by atoms with Crippen LogP contribution in [0.2, 0.25) is 0 Å². The van der Waals surface area contributed by atoms with E-state index in [-0.39, 0.29) is 0 Å². The van der Waals surface area contributed by atoms with Crippen molar-refractivity contribution in [1.82, 2.24) is 23.9 Å². The van der Waals surface area contributed by atoms with Crippen LogP contribution >= 0.6 is 39.2 Å². The summed E-state index contributed by atoms with van der Waals surface area (Å²) in [6, 6.07) is 6.19. The summed E-state index contributed by atoms with van der Waals surface area (Å²) in [5.74, 6) is 0. The second kappa shape index (κ2) is 7.01. The van der Waals surface area contributed by atoms with E-state index in [0.717, 1.165) is 50.0 Å². The fourth-order valence-corrected chi connectivity index (χ4v) is 4.94. The van der Waals surface area contributed by atoms with Gasteiger partial charge in [-0.2, -0.15) is 4.37 Å². The van der Waals surface area contributed by atoms with Gasteiger partial charge in [-0.1, -0.05) is 19.4 Å². The molecule has 5 nitrogen and oxygen atoms in total. The SMILES string of the molecule is CCCC(SC)n1cnc2c(-c3ccc4nsc(Br)c4c3)ncnc21. The molecule has 0 aliphatic carbocycles. The van der Waals surface area contributed by atoms with Gasteiger partial charge in [-0.05, 0) is 52.3 Å². The lowest BCUT2D eigenvalue weighted by molar-refractivity contribution is 0.624. The molecule has 1 atom stereocenters. The normalized spacial score (nSPS) is 12.9. The van der Waals surface area contributed by atoms with E-state index in [1.165, 1.54) is 11.5 Å². The Hall–Kier alpha value is -1.51. The third kappa shape index (κ3) is 2.96.